The van der Waals surface area contributed by atoms with E-state index in [4.69, 9.17) is 4.74 Å². The summed E-state index contributed by atoms with van der Waals surface area (Å²) in [6.07, 6.45) is 5.75. The molecule has 0 aromatic rings. The van der Waals surface area contributed by atoms with Crippen LogP contribution in [0.25, 0.3) is 0 Å². The lowest BCUT2D eigenvalue weighted by Gasteiger charge is -2.58. The van der Waals surface area contributed by atoms with Gasteiger partial charge in [-0.05, 0) is 55.8 Å². The van der Waals surface area contributed by atoms with Crippen molar-refractivity contribution in [2.24, 2.45) is 23.7 Å². The molecule has 0 unspecified atom stereocenters. The monoisotopic (exact) mass is 279 g/mol. The average molecular weight is 279 g/mol. The summed E-state index contributed by atoms with van der Waals surface area (Å²) in [5.74, 6) is 0.494. The predicted octanol–water partition coefficient (Wildman–Crippen LogP) is 2.18. The highest BCUT2D eigenvalue weighted by Crippen LogP contribution is 2.58. The Morgan fingerprint density at radius 3 is 2.20 bits per heavy atom. The topological polar surface area (TPSA) is 75.6 Å². The van der Waals surface area contributed by atoms with E-state index in [1.54, 1.807) is 0 Å². The number of alkyl carbamates (subject to hydrolysis) is 1. The summed E-state index contributed by atoms with van der Waals surface area (Å²) < 4.78 is 4.94. The molecule has 5 heteroatoms. The van der Waals surface area contributed by atoms with Gasteiger partial charge in [-0.3, -0.25) is 0 Å². The van der Waals surface area contributed by atoms with Gasteiger partial charge in [-0.25, -0.2) is 9.59 Å². The Hall–Kier alpha value is -1.52. The van der Waals surface area contributed by atoms with Crippen molar-refractivity contribution in [1.82, 2.24) is 5.32 Å². The van der Waals surface area contributed by atoms with Crippen LogP contribution in [0.1, 0.15) is 32.1 Å². The van der Waals surface area contributed by atoms with Gasteiger partial charge in [0.2, 0.25) is 0 Å². The van der Waals surface area contributed by atoms with Gasteiger partial charge < -0.3 is 15.2 Å². The highest BCUT2D eigenvalue weighted by molar-refractivity contribution is 5.85. The quantitative estimate of drug-likeness (QED) is 0.773. The summed E-state index contributed by atoms with van der Waals surface area (Å²) in [4.78, 5) is 23.8. The summed E-state index contributed by atoms with van der Waals surface area (Å²) in [7, 11) is 0. The van der Waals surface area contributed by atoms with Crippen LogP contribution in [-0.4, -0.2) is 29.3 Å². The average Bonchev–Trinajstić information content (AvgIpc) is 2.39. The second kappa shape index (κ2) is 4.79. The number of ether oxygens (including phenoxy) is 1. The Labute approximate surface area is 118 Å². The number of aliphatic carboxylic acids is 1. The van der Waals surface area contributed by atoms with Crippen molar-refractivity contribution in [3.63, 3.8) is 0 Å². The molecule has 4 fully saturated rings. The third-order valence-electron chi connectivity index (χ3n) is 5.42. The van der Waals surface area contributed by atoms with Crippen molar-refractivity contribution >= 4 is 12.1 Å². The molecule has 4 aliphatic rings. The lowest BCUT2D eigenvalue weighted by atomic mass is 9.48. The van der Waals surface area contributed by atoms with Crippen LogP contribution in [0.4, 0.5) is 4.79 Å². The summed E-state index contributed by atoms with van der Waals surface area (Å²) in [6, 6.07) is 0. The molecule has 5 nitrogen and oxygen atoms in total. The Morgan fingerprint density at radius 1 is 1.20 bits per heavy atom. The fourth-order valence-electron chi connectivity index (χ4n) is 4.87. The smallest absolute Gasteiger partial charge is 0.408 e. The highest BCUT2D eigenvalue weighted by atomic mass is 16.5. The zero-order valence-corrected chi connectivity index (χ0v) is 11.5. The van der Waals surface area contributed by atoms with Gasteiger partial charge in [0, 0.05) is 0 Å². The summed E-state index contributed by atoms with van der Waals surface area (Å²) >= 11 is 0. The van der Waals surface area contributed by atoms with Crippen molar-refractivity contribution < 1.29 is 19.4 Å². The van der Waals surface area contributed by atoms with E-state index in [0.29, 0.717) is 11.8 Å². The van der Waals surface area contributed by atoms with Gasteiger partial charge >= 0.3 is 12.1 Å². The van der Waals surface area contributed by atoms with E-state index >= 15 is 0 Å². The van der Waals surface area contributed by atoms with Crippen LogP contribution < -0.4 is 5.32 Å². The lowest BCUT2D eigenvalue weighted by molar-refractivity contribution is -0.163. The Morgan fingerprint density at radius 2 is 1.75 bits per heavy atom. The van der Waals surface area contributed by atoms with Gasteiger partial charge in [0.15, 0.2) is 0 Å². The molecule has 4 bridgehead atoms. The van der Waals surface area contributed by atoms with E-state index in [2.05, 4.69) is 11.9 Å². The van der Waals surface area contributed by atoms with Gasteiger partial charge in [0.25, 0.3) is 0 Å². The first kappa shape index (κ1) is 13.5. The number of hydrogen-bond donors (Lipinski definition) is 2. The van der Waals surface area contributed by atoms with Crippen molar-refractivity contribution in [3.05, 3.63) is 12.7 Å². The second-order valence-corrected chi connectivity index (χ2v) is 6.49. The first-order valence-electron chi connectivity index (χ1n) is 7.35. The standard InChI is InChI=1S/C15H21NO4/c1-2-3-20-14(19)16-15(13(17)18)11-5-9-4-10(7-11)8-12(15)6-9/h2,9-12H,1,3-8H2,(H,16,19)(H,17,18). The van der Waals surface area contributed by atoms with Crippen LogP contribution in [0, 0.1) is 23.7 Å². The molecule has 110 valence electrons. The highest BCUT2D eigenvalue weighted by Gasteiger charge is 2.62. The molecule has 0 spiro atoms. The minimum absolute atomic E-state index is 0.0486. The van der Waals surface area contributed by atoms with Crippen LogP contribution in [0.15, 0.2) is 12.7 Å². The van der Waals surface area contributed by atoms with Crippen LogP contribution in [0.2, 0.25) is 0 Å². The molecule has 20 heavy (non-hydrogen) atoms. The Kier molecular flexibility index (Phi) is 3.22. The molecule has 1 amide bonds. The molecule has 0 atom stereocenters. The van der Waals surface area contributed by atoms with E-state index in [1.807, 2.05) is 0 Å². The zero-order valence-electron chi connectivity index (χ0n) is 11.5. The Bertz CT molecular complexity index is 417. The SMILES string of the molecule is C=CCOC(=O)NC1(C(=O)O)C2CC3CC(C2)CC1C3. The molecular weight excluding hydrogens is 258 g/mol. The fourth-order valence-corrected chi connectivity index (χ4v) is 4.87. The Balaban J connectivity index is 1.83. The third kappa shape index (κ3) is 1.91. The summed E-state index contributed by atoms with van der Waals surface area (Å²) in [5.41, 5.74) is -1.12. The van der Waals surface area contributed by atoms with Crippen LogP contribution in [-0.2, 0) is 9.53 Å². The van der Waals surface area contributed by atoms with Gasteiger partial charge in [-0.15, -0.1) is 0 Å². The van der Waals surface area contributed by atoms with Gasteiger partial charge in [-0.2, -0.15) is 0 Å². The number of hydrogen-bond acceptors (Lipinski definition) is 3. The number of carboxylic acids is 1. The summed E-state index contributed by atoms with van der Waals surface area (Å²) in [6.45, 7) is 3.58. The van der Waals surface area contributed by atoms with Crippen LogP contribution in [0.3, 0.4) is 0 Å². The van der Waals surface area contributed by atoms with Gasteiger partial charge in [-0.1, -0.05) is 12.7 Å². The minimum atomic E-state index is -1.12. The van der Waals surface area contributed by atoms with Crippen LogP contribution >= 0.6 is 0 Å². The normalized spacial score (nSPS) is 41.2. The van der Waals surface area contributed by atoms with E-state index in [-0.39, 0.29) is 18.4 Å². The first-order chi connectivity index (χ1) is 9.56. The zero-order chi connectivity index (χ0) is 14.3. The largest absolute Gasteiger partial charge is 0.479 e. The molecule has 2 N–H and O–H groups in total. The van der Waals surface area contributed by atoms with Gasteiger partial charge in [0.1, 0.15) is 12.1 Å². The number of nitrogens with one attached hydrogen (secondary N) is 1. The number of carbonyl (C=O) groups is 2. The van der Waals surface area contributed by atoms with E-state index < -0.39 is 17.6 Å². The predicted molar refractivity (Wildman–Crippen MR) is 72.1 cm³/mol. The molecule has 0 aliphatic heterocycles. The van der Waals surface area contributed by atoms with Crippen molar-refractivity contribution in [2.45, 2.75) is 37.6 Å². The molecule has 0 saturated heterocycles. The van der Waals surface area contributed by atoms with Crippen molar-refractivity contribution in [1.29, 1.82) is 0 Å². The lowest BCUT2D eigenvalue weighted by Crippen LogP contribution is -2.70. The van der Waals surface area contributed by atoms with Crippen LogP contribution in [0.5, 0.6) is 0 Å². The molecule has 0 aromatic carbocycles. The first-order valence-corrected chi connectivity index (χ1v) is 7.35. The van der Waals surface area contributed by atoms with Crippen molar-refractivity contribution in [3.8, 4) is 0 Å². The molecule has 0 radical (unpaired) electrons. The van der Waals surface area contributed by atoms with E-state index in [1.165, 1.54) is 12.5 Å². The maximum Gasteiger partial charge on any atom is 0.408 e. The molecular formula is C15H21NO4. The molecule has 4 rings (SSSR count). The fraction of sp³-hybridized carbons (Fsp3) is 0.733. The number of amides is 1. The molecule has 0 heterocycles. The number of carboxylic acid groups (broad SMARTS) is 1. The molecule has 0 aromatic heterocycles. The number of carbonyl (C=O) groups excluding carboxylic acids is 1. The maximum atomic E-state index is 11.9. The van der Waals surface area contributed by atoms with Crippen molar-refractivity contribution in [2.75, 3.05) is 6.61 Å². The second-order valence-electron chi connectivity index (χ2n) is 6.49. The summed E-state index contributed by atoms with van der Waals surface area (Å²) in [5, 5.41) is 12.5. The minimum Gasteiger partial charge on any atom is -0.479 e. The maximum absolute atomic E-state index is 11.9. The van der Waals surface area contributed by atoms with E-state index in [0.717, 1.165) is 25.7 Å². The molecule has 4 aliphatic carbocycles. The third-order valence-corrected chi connectivity index (χ3v) is 5.42. The number of rotatable bonds is 4. The van der Waals surface area contributed by atoms with Gasteiger partial charge in [0.05, 0.1) is 0 Å². The molecule has 4 saturated carbocycles. The van der Waals surface area contributed by atoms with E-state index in [9.17, 15) is 14.7 Å².